The van der Waals surface area contributed by atoms with E-state index >= 15 is 0 Å². The molecule has 1 fully saturated rings. The maximum atomic E-state index is 14.5. The molecule has 2 aromatic carbocycles. The van der Waals surface area contributed by atoms with Crippen LogP contribution in [0.5, 0.6) is 0 Å². The summed E-state index contributed by atoms with van der Waals surface area (Å²) in [5, 5.41) is 72.6. The number of carboxylic acid groups (broad SMARTS) is 5. The number of anilines is 1. The fraction of sp³-hybridized carbons (Fsp3) is 0.515. The van der Waals surface area contributed by atoms with Crippen molar-refractivity contribution in [1.82, 2.24) is 72.2 Å². The number of imidazole rings is 1. The Bertz CT molecular complexity index is 3620. The molecule has 1 aliphatic heterocycles. The molecule has 0 radical (unpaired) electrons. The molecule has 1 aliphatic rings. The molecular formula is C66H92N16O20S. The maximum Gasteiger partial charge on any atom is 0.326 e. The largest absolute Gasteiger partial charge is 0.480 e. The number of carbonyl (C=O) groups is 15. The van der Waals surface area contributed by atoms with Gasteiger partial charge in [0.2, 0.25) is 53.2 Å². The zero-order chi connectivity index (χ0) is 76.3. The Morgan fingerprint density at radius 3 is 1.77 bits per heavy atom. The van der Waals surface area contributed by atoms with Crippen LogP contribution in [-0.4, -0.2) is 263 Å². The molecule has 36 nitrogen and oxygen atoms in total. The molecule has 7 atom stereocenters. The van der Waals surface area contributed by atoms with Gasteiger partial charge in [-0.15, -0.1) is 0 Å². The van der Waals surface area contributed by atoms with Crippen molar-refractivity contribution in [2.24, 2.45) is 17.6 Å². The van der Waals surface area contributed by atoms with Crippen LogP contribution in [0.2, 0.25) is 0 Å². The Kier molecular flexibility index (Phi) is 32.4. The first-order valence-electron chi connectivity index (χ1n) is 33.0. The predicted molar refractivity (Wildman–Crippen MR) is 371 cm³/mol. The number of thioether (sulfide) groups is 1. The summed E-state index contributed by atoms with van der Waals surface area (Å²) < 4.78 is 0. The first kappa shape index (κ1) is 83.1. The monoisotopic (exact) mass is 1460 g/mol. The van der Waals surface area contributed by atoms with Crippen LogP contribution >= 0.6 is 11.8 Å². The normalized spacial score (nSPS) is 15.2. The van der Waals surface area contributed by atoms with Gasteiger partial charge in [-0.2, -0.15) is 11.8 Å². The van der Waals surface area contributed by atoms with E-state index in [1.54, 1.807) is 64.4 Å². The lowest BCUT2D eigenvalue weighted by atomic mass is 9.89. The van der Waals surface area contributed by atoms with Gasteiger partial charge in [0.05, 0.1) is 39.1 Å². The summed E-state index contributed by atoms with van der Waals surface area (Å²) in [6.45, 7) is 4.04. The van der Waals surface area contributed by atoms with E-state index in [-0.39, 0.29) is 81.9 Å². The molecule has 18 N–H and O–H groups in total. The van der Waals surface area contributed by atoms with Gasteiger partial charge in [-0.05, 0) is 92.3 Å². The molecule has 103 heavy (non-hydrogen) atoms. The van der Waals surface area contributed by atoms with Gasteiger partial charge in [0.25, 0.3) is 5.91 Å². The smallest absolute Gasteiger partial charge is 0.326 e. The standard InChI is InChI=1S/C66H92N16O20S/c1-36(2)23-47(62(98)76-46(65(101)102)18-22-103-6)77-63(99)49(25-42-27-68-35-71-42)74-52(85)28-70-64(100)57(37(3)4)79-58(94)38(5)72-61(97)48(24-40-26-69-44-10-8-7-9-43(40)44)78-60(96)45(15-16-50(67)83)75-59(95)39-11-13-41(14-12-39)73-51(84)17-19-66(82(31-55(90)91)32-56(92)93)33-80(29-53(86)87)20-21-81(34-66)30-54(88)89/h7-14,26-27,35-38,45-49,57,69H,15-25,28-34H2,1-6H3,(H2,67,83)(H,68,71)(H,70,100)(H,72,97)(H,73,84)(H,74,85)(H,75,95)(H,76,98)(H,77,99)(H,78,96)(H,79,94)(H,86,87)(H,88,89)(H,90,91)(H,92,93)(H,101,102)/t38-,45-,46-,47-,48-,49-,57-/m0/s1. The Morgan fingerprint density at radius 1 is 0.621 bits per heavy atom. The maximum absolute atomic E-state index is 14.5. The summed E-state index contributed by atoms with van der Waals surface area (Å²) in [5.74, 6) is -15.5. The van der Waals surface area contributed by atoms with Crippen LogP contribution in [-0.2, 0) is 80.0 Å². The Labute approximate surface area is 596 Å². The second kappa shape index (κ2) is 40.2. The zero-order valence-electron chi connectivity index (χ0n) is 57.9. The van der Waals surface area contributed by atoms with Crippen molar-refractivity contribution >= 4 is 117 Å². The first-order valence-corrected chi connectivity index (χ1v) is 34.4. The number of primary amides is 1. The summed E-state index contributed by atoms with van der Waals surface area (Å²) in [7, 11) is 0. The third-order valence-electron chi connectivity index (χ3n) is 16.7. The third kappa shape index (κ3) is 27.4. The third-order valence-corrected chi connectivity index (χ3v) is 17.4. The molecule has 10 amide bonds. The molecule has 0 aliphatic carbocycles. The molecule has 3 heterocycles. The van der Waals surface area contributed by atoms with E-state index < -0.39 is 188 Å². The van der Waals surface area contributed by atoms with Crippen LogP contribution in [0.4, 0.5) is 5.69 Å². The lowest BCUT2D eigenvalue weighted by Crippen LogP contribution is -2.62. The number of fused-ring (bicyclic) bond motifs is 1. The minimum Gasteiger partial charge on any atom is -0.480 e. The highest BCUT2D eigenvalue weighted by Crippen LogP contribution is 2.29. The average molecular weight is 1460 g/mol. The van der Waals surface area contributed by atoms with Crippen LogP contribution in [0.1, 0.15) is 94.8 Å². The van der Waals surface area contributed by atoms with Gasteiger partial charge in [0.1, 0.15) is 42.3 Å². The quantitative estimate of drug-likeness (QED) is 0.0229. The number of hydrogen-bond acceptors (Lipinski definition) is 20. The second-order valence-corrected chi connectivity index (χ2v) is 26.8. The second-order valence-electron chi connectivity index (χ2n) is 25.8. The SMILES string of the molecule is CSCC[C@H](NC(=O)[C@H](CC(C)C)NC(=O)[C@H](Cc1cnc[nH]1)NC(=O)CNC(=O)[C@@H](NC(=O)[C@H](C)NC(=O)[C@H](Cc1c[nH]c2ccccc12)NC(=O)[C@H](CCC(N)=O)NC(=O)c1ccc(NC(=O)CCC2(N(CC(=O)O)CC(=O)O)CN(CC(=O)O)CCN(CC(=O)O)C2)cc1)C(C)C)C(=O)O. The number of carbonyl (C=O) groups excluding carboxylic acids is 10. The van der Waals surface area contributed by atoms with Gasteiger partial charge >= 0.3 is 29.8 Å². The van der Waals surface area contributed by atoms with Crippen molar-refractivity contribution in [3.05, 3.63) is 84.1 Å². The number of nitrogens with one attached hydrogen (secondary N) is 11. The van der Waals surface area contributed by atoms with Gasteiger partial charge < -0.3 is 89.1 Å². The Morgan fingerprint density at radius 2 is 1.20 bits per heavy atom. The summed E-state index contributed by atoms with van der Waals surface area (Å²) in [6, 6.07) is 2.65. The molecule has 0 bridgehead atoms. The first-order chi connectivity index (χ1) is 48.6. The van der Waals surface area contributed by atoms with Crippen molar-refractivity contribution in [3.8, 4) is 0 Å². The van der Waals surface area contributed by atoms with Crippen LogP contribution in [0.25, 0.3) is 10.9 Å². The number of amides is 10. The summed E-state index contributed by atoms with van der Waals surface area (Å²) in [6.07, 6.45) is 4.50. The van der Waals surface area contributed by atoms with Crippen LogP contribution in [0.15, 0.2) is 67.3 Å². The van der Waals surface area contributed by atoms with E-state index in [1.807, 2.05) is 0 Å². The number of H-pyrrole nitrogens is 2. The van der Waals surface area contributed by atoms with Crippen molar-refractivity contribution in [1.29, 1.82) is 0 Å². The molecule has 37 heteroatoms. The van der Waals surface area contributed by atoms with E-state index in [0.717, 1.165) is 4.90 Å². The van der Waals surface area contributed by atoms with E-state index in [2.05, 4.69) is 62.8 Å². The van der Waals surface area contributed by atoms with Gasteiger partial charge in [0.15, 0.2) is 0 Å². The number of benzene rings is 2. The number of rotatable bonds is 43. The van der Waals surface area contributed by atoms with Crippen LogP contribution in [0, 0.1) is 11.8 Å². The lowest BCUT2D eigenvalue weighted by Gasteiger charge is -2.45. The van der Waals surface area contributed by atoms with Crippen molar-refractivity contribution in [3.63, 3.8) is 0 Å². The van der Waals surface area contributed by atoms with E-state index in [0.29, 0.717) is 27.9 Å². The number of para-hydroxylation sites is 1. The summed E-state index contributed by atoms with van der Waals surface area (Å²) >= 11 is 1.39. The predicted octanol–water partition coefficient (Wildman–Crippen LogP) is -1.96. The van der Waals surface area contributed by atoms with Gasteiger partial charge in [-0.3, -0.25) is 81.8 Å². The molecule has 1 saturated heterocycles. The average Bonchev–Trinajstić information content (AvgIpc) is 1.77. The lowest BCUT2D eigenvalue weighted by molar-refractivity contribution is -0.148. The number of aliphatic carboxylic acids is 5. The van der Waals surface area contributed by atoms with Crippen molar-refractivity contribution < 1.29 is 97.5 Å². The number of aromatic amines is 2. The van der Waals surface area contributed by atoms with Crippen molar-refractivity contribution in [2.75, 3.05) is 76.2 Å². The van der Waals surface area contributed by atoms with Gasteiger partial charge in [-0.25, -0.2) is 9.78 Å². The summed E-state index contributed by atoms with van der Waals surface area (Å²) in [4.78, 5) is 211. The highest BCUT2D eigenvalue weighted by molar-refractivity contribution is 7.98. The Balaban J connectivity index is 1.28. The molecule has 0 saturated carbocycles. The van der Waals surface area contributed by atoms with Gasteiger partial charge in [0, 0.05) is 97.6 Å². The Hall–Kier alpha value is -10.5. The molecule has 4 aromatic rings. The van der Waals surface area contributed by atoms with Crippen molar-refractivity contribution in [2.45, 2.75) is 134 Å². The fourth-order valence-corrected chi connectivity index (χ4v) is 12.0. The highest BCUT2D eigenvalue weighted by Gasteiger charge is 2.45. The topological polar surface area (TPSA) is 546 Å². The molecule has 2 aromatic heterocycles. The number of nitrogens with two attached hydrogens (primary N) is 1. The van der Waals surface area contributed by atoms with E-state index in [9.17, 15) is 97.5 Å². The number of carboxylic acids is 5. The van der Waals surface area contributed by atoms with Crippen LogP contribution in [0.3, 0.4) is 0 Å². The molecule has 5 rings (SSSR count). The molecule has 0 spiro atoms. The minimum atomic E-state index is -1.59. The minimum absolute atomic E-state index is 0.0159. The van der Waals surface area contributed by atoms with E-state index in [4.69, 9.17) is 5.73 Å². The summed E-state index contributed by atoms with van der Waals surface area (Å²) in [5.41, 5.74) is 5.57. The molecular weight excluding hydrogens is 1370 g/mol. The number of hydrogen-bond donors (Lipinski definition) is 17. The van der Waals surface area contributed by atoms with Crippen LogP contribution < -0.4 is 53.6 Å². The molecule has 0 unspecified atom stereocenters. The van der Waals surface area contributed by atoms with E-state index in [1.165, 1.54) is 65.3 Å². The fourth-order valence-electron chi connectivity index (χ4n) is 11.6. The highest BCUT2D eigenvalue weighted by atomic mass is 32.2. The number of nitrogens with zero attached hydrogens (tertiary/aromatic N) is 4. The zero-order valence-corrected chi connectivity index (χ0v) is 58.7. The molecule has 562 valence electrons. The van der Waals surface area contributed by atoms with Gasteiger partial charge in [-0.1, -0.05) is 45.9 Å². The number of aromatic nitrogens is 3.